The van der Waals surface area contributed by atoms with Crippen molar-refractivity contribution in [2.75, 3.05) is 18.0 Å². The summed E-state index contributed by atoms with van der Waals surface area (Å²) in [6.45, 7) is 10.7. The zero-order valence-electron chi connectivity index (χ0n) is 14.7. The summed E-state index contributed by atoms with van der Waals surface area (Å²) in [6.07, 6.45) is 0.978. The van der Waals surface area contributed by atoms with Gasteiger partial charge in [-0.05, 0) is 51.8 Å². The molecule has 23 heavy (non-hydrogen) atoms. The van der Waals surface area contributed by atoms with Gasteiger partial charge in [-0.1, -0.05) is 19.1 Å². The van der Waals surface area contributed by atoms with E-state index in [1.165, 1.54) is 5.56 Å². The van der Waals surface area contributed by atoms with Gasteiger partial charge in [0.15, 0.2) is 0 Å². The summed E-state index contributed by atoms with van der Waals surface area (Å²) in [5.74, 6) is -0.0374. The molecule has 1 atom stereocenters. The number of rotatable bonds is 2. The predicted octanol–water partition coefficient (Wildman–Crippen LogP) is 2.79. The predicted molar refractivity (Wildman–Crippen MR) is 92.6 cm³/mol. The van der Waals surface area contributed by atoms with E-state index in [0.29, 0.717) is 13.1 Å². The van der Waals surface area contributed by atoms with Crippen molar-refractivity contribution in [3.8, 4) is 0 Å². The molecule has 0 spiro atoms. The van der Waals surface area contributed by atoms with Gasteiger partial charge in [-0.25, -0.2) is 4.79 Å². The molecule has 1 unspecified atom stereocenters. The summed E-state index contributed by atoms with van der Waals surface area (Å²) in [5.41, 5.74) is 1.83. The van der Waals surface area contributed by atoms with Crippen LogP contribution in [0.5, 0.6) is 0 Å². The van der Waals surface area contributed by atoms with Gasteiger partial charge in [0, 0.05) is 24.3 Å². The lowest BCUT2D eigenvalue weighted by atomic mass is 10.1. The van der Waals surface area contributed by atoms with Crippen LogP contribution in [0.3, 0.4) is 0 Å². The van der Waals surface area contributed by atoms with Crippen molar-refractivity contribution in [2.45, 2.75) is 52.6 Å². The maximum absolute atomic E-state index is 12.7. The fraction of sp³-hybridized carbons (Fsp3) is 0.556. The molecule has 5 nitrogen and oxygen atoms in total. The Balaban J connectivity index is 2.10. The maximum Gasteiger partial charge on any atom is 0.318 e. The highest BCUT2D eigenvalue weighted by atomic mass is 16.2. The van der Waals surface area contributed by atoms with Crippen molar-refractivity contribution < 1.29 is 9.59 Å². The molecule has 3 amide bonds. The molecule has 0 bridgehead atoms. The zero-order valence-corrected chi connectivity index (χ0v) is 14.7. The number of nitrogens with zero attached hydrogens (tertiary/aromatic N) is 2. The molecule has 1 fully saturated rings. The summed E-state index contributed by atoms with van der Waals surface area (Å²) in [6, 6.07) is 7.41. The van der Waals surface area contributed by atoms with E-state index < -0.39 is 6.04 Å². The first-order chi connectivity index (χ1) is 10.7. The normalized spacial score (nSPS) is 19.0. The summed E-state index contributed by atoms with van der Waals surface area (Å²) >= 11 is 0. The molecule has 1 aromatic carbocycles. The first kappa shape index (κ1) is 17.3. The van der Waals surface area contributed by atoms with Crippen LogP contribution in [0.4, 0.5) is 10.5 Å². The Morgan fingerprint density at radius 1 is 1.22 bits per heavy atom. The molecule has 1 aliphatic rings. The van der Waals surface area contributed by atoms with E-state index in [4.69, 9.17) is 0 Å². The summed E-state index contributed by atoms with van der Waals surface area (Å²) < 4.78 is 0. The Morgan fingerprint density at radius 2 is 1.83 bits per heavy atom. The van der Waals surface area contributed by atoms with Gasteiger partial charge < -0.3 is 15.1 Å². The number of carbonyl (C=O) groups excluding carboxylic acids is 2. The van der Waals surface area contributed by atoms with Crippen molar-refractivity contribution >= 4 is 17.6 Å². The second kappa shape index (κ2) is 6.60. The van der Waals surface area contributed by atoms with Crippen LogP contribution in [0.1, 0.15) is 40.2 Å². The minimum absolute atomic E-state index is 0.0374. The molecular formula is C18H27N3O2. The maximum atomic E-state index is 12.7. The Labute approximate surface area is 138 Å². The number of hydrogen-bond donors (Lipinski definition) is 1. The SMILES string of the molecule is CCc1ccc(N2CCN(C(=O)NC(C)(C)C)C(C)C2=O)cc1. The smallest absolute Gasteiger partial charge is 0.318 e. The van der Waals surface area contributed by atoms with Crippen LogP contribution in [-0.4, -0.2) is 41.5 Å². The first-order valence-electron chi connectivity index (χ1n) is 8.22. The number of benzene rings is 1. The number of hydrogen-bond acceptors (Lipinski definition) is 2. The summed E-state index contributed by atoms with van der Waals surface area (Å²) in [4.78, 5) is 28.4. The Bertz CT molecular complexity index is 575. The summed E-state index contributed by atoms with van der Waals surface area (Å²) in [7, 11) is 0. The van der Waals surface area contributed by atoms with Gasteiger partial charge in [-0.15, -0.1) is 0 Å². The molecule has 0 radical (unpaired) electrons. The minimum atomic E-state index is -0.461. The van der Waals surface area contributed by atoms with Crippen molar-refractivity contribution in [1.29, 1.82) is 0 Å². The lowest BCUT2D eigenvalue weighted by Crippen LogP contribution is -2.61. The van der Waals surface area contributed by atoms with Crippen molar-refractivity contribution in [3.05, 3.63) is 29.8 Å². The van der Waals surface area contributed by atoms with E-state index in [0.717, 1.165) is 12.1 Å². The quantitative estimate of drug-likeness (QED) is 0.912. The van der Waals surface area contributed by atoms with Crippen LogP contribution >= 0.6 is 0 Å². The minimum Gasteiger partial charge on any atom is -0.333 e. The molecule has 0 aliphatic carbocycles. The molecule has 0 aromatic heterocycles. The molecule has 1 N–H and O–H groups in total. The standard InChI is InChI=1S/C18H27N3O2/c1-6-14-7-9-15(10-8-14)21-12-11-20(13(2)16(21)22)17(23)19-18(3,4)5/h7-10,13H,6,11-12H2,1-5H3,(H,19,23). The van der Waals surface area contributed by atoms with Crippen LogP contribution in [0.25, 0.3) is 0 Å². The lowest BCUT2D eigenvalue weighted by Gasteiger charge is -2.40. The highest BCUT2D eigenvalue weighted by Gasteiger charge is 2.35. The molecule has 126 valence electrons. The zero-order chi connectivity index (χ0) is 17.2. The average molecular weight is 317 g/mol. The lowest BCUT2D eigenvalue weighted by molar-refractivity contribution is -0.124. The van der Waals surface area contributed by atoms with Crippen molar-refractivity contribution in [2.24, 2.45) is 0 Å². The molecule has 2 rings (SSSR count). The van der Waals surface area contributed by atoms with Crippen molar-refractivity contribution in [3.63, 3.8) is 0 Å². The third kappa shape index (κ3) is 4.03. The molecule has 1 saturated heterocycles. The van der Waals surface area contributed by atoms with Crippen LogP contribution < -0.4 is 10.2 Å². The van der Waals surface area contributed by atoms with Crippen LogP contribution in [-0.2, 0) is 11.2 Å². The van der Waals surface area contributed by atoms with Gasteiger partial charge in [0.05, 0.1) is 0 Å². The third-order valence-corrected chi connectivity index (χ3v) is 4.05. The number of amides is 3. The first-order valence-corrected chi connectivity index (χ1v) is 8.22. The highest BCUT2D eigenvalue weighted by Crippen LogP contribution is 2.21. The monoisotopic (exact) mass is 317 g/mol. The van der Waals surface area contributed by atoms with Crippen molar-refractivity contribution in [1.82, 2.24) is 10.2 Å². The number of anilines is 1. The van der Waals surface area contributed by atoms with Gasteiger partial charge in [-0.3, -0.25) is 4.79 Å². The molecular weight excluding hydrogens is 290 g/mol. The molecule has 1 aromatic rings. The van der Waals surface area contributed by atoms with E-state index >= 15 is 0 Å². The van der Waals surface area contributed by atoms with Crippen LogP contribution in [0, 0.1) is 0 Å². The molecule has 0 saturated carbocycles. The van der Waals surface area contributed by atoms with E-state index in [-0.39, 0.29) is 17.5 Å². The van der Waals surface area contributed by atoms with Gasteiger partial charge >= 0.3 is 6.03 Å². The van der Waals surface area contributed by atoms with E-state index in [2.05, 4.69) is 12.2 Å². The van der Waals surface area contributed by atoms with Crippen LogP contribution in [0.2, 0.25) is 0 Å². The summed E-state index contributed by atoms with van der Waals surface area (Å²) in [5, 5.41) is 2.93. The molecule has 1 heterocycles. The molecule has 5 heteroatoms. The van der Waals surface area contributed by atoms with Gasteiger partial charge in [0.2, 0.25) is 5.91 Å². The number of nitrogens with one attached hydrogen (secondary N) is 1. The Hall–Kier alpha value is -2.04. The van der Waals surface area contributed by atoms with Gasteiger partial charge in [-0.2, -0.15) is 0 Å². The van der Waals surface area contributed by atoms with Crippen LogP contribution in [0.15, 0.2) is 24.3 Å². The van der Waals surface area contributed by atoms with E-state index in [1.807, 2.05) is 45.0 Å². The largest absolute Gasteiger partial charge is 0.333 e. The highest BCUT2D eigenvalue weighted by molar-refractivity contribution is 6.00. The number of piperazine rings is 1. The van der Waals surface area contributed by atoms with Gasteiger partial charge in [0.25, 0.3) is 0 Å². The van der Waals surface area contributed by atoms with E-state index in [1.54, 1.807) is 16.7 Å². The third-order valence-electron chi connectivity index (χ3n) is 4.05. The van der Waals surface area contributed by atoms with Gasteiger partial charge in [0.1, 0.15) is 6.04 Å². The second-order valence-corrected chi connectivity index (χ2v) is 7.06. The fourth-order valence-corrected chi connectivity index (χ4v) is 2.71. The number of aryl methyl sites for hydroxylation is 1. The number of urea groups is 1. The number of carbonyl (C=O) groups is 2. The second-order valence-electron chi connectivity index (χ2n) is 7.06. The average Bonchev–Trinajstić information content (AvgIpc) is 2.48. The fourth-order valence-electron chi connectivity index (χ4n) is 2.71. The molecule has 1 aliphatic heterocycles. The Morgan fingerprint density at radius 3 is 2.35 bits per heavy atom. The van der Waals surface area contributed by atoms with E-state index in [9.17, 15) is 9.59 Å². The Kier molecular flexibility index (Phi) is 4.97. The topological polar surface area (TPSA) is 52.6 Å².